The summed E-state index contributed by atoms with van der Waals surface area (Å²) in [5, 5.41) is 1.17. The molecule has 0 aliphatic carbocycles. The monoisotopic (exact) mass is 490 g/mol. The standard InChI is InChI=1S/C26H38N2O7/c1-8-16-32-22(29)21-15-14-20(17-27(21)23(30)34-25(2,3)4)28(24(31)35-26(5,6)7)33-18-19-12-10-9-11-13-19/h8-13,20-21H,1,14-18H2,2-7H3/t20-,21-/m0/s1. The molecule has 0 bridgehead atoms. The SMILES string of the molecule is C=CCOC(=O)[C@@H]1CC[C@H](N(OCc2ccccc2)C(=O)OC(C)(C)C)CN1C(=O)OC(C)(C)C. The number of rotatable bonds is 7. The van der Waals surface area contributed by atoms with Crippen molar-refractivity contribution in [3.63, 3.8) is 0 Å². The van der Waals surface area contributed by atoms with Gasteiger partial charge in [0.05, 0.1) is 6.04 Å². The molecule has 9 heteroatoms. The largest absolute Gasteiger partial charge is 0.460 e. The maximum Gasteiger partial charge on any atom is 0.434 e. The molecule has 0 unspecified atom stereocenters. The first-order chi connectivity index (χ1) is 16.3. The predicted molar refractivity (Wildman–Crippen MR) is 130 cm³/mol. The number of carbonyl (C=O) groups excluding carboxylic acids is 3. The molecule has 194 valence electrons. The molecular formula is C26H38N2O7. The van der Waals surface area contributed by atoms with Crippen molar-refractivity contribution in [1.29, 1.82) is 0 Å². The van der Waals surface area contributed by atoms with E-state index >= 15 is 0 Å². The molecule has 1 aromatic carbocycles. The van der Waals surface area contributed by atoms with Crippen LogP contribution in [-0.2, 0) is 30.4 Å². The quantitative estimate of drug-likeness (QED) is 0.233. The minimum Gasteiger partial charge on any atom is -0.460 e. The average Bonchev–Trinajstić information content (AvgIpc) is 2.76. The van der Waals surface area contributed by atoms with Gasteiger partial charge in [-0.25, -0.2) is 14.4 Å². The fourth-order valence-corrected chi connectivity index (χ4v) is 3.48. The lowest BCUT2D eigenvalue weighted by Gasteiger charge is -2.42. The second kappa shape index (κ2) is 12.1. The van der Waals surface area contributed by atoms with E-state index in [2.05, 4.69) is 6.58 Å². The topological polar surface area (TPSA) is 94.6 Å². The van der Waals surface area contributed by atoms with Gasteiger partial charge in [0.25, 0.3) is 0 Å². The van der Waals surface area contributed by atoms with Crippen LogP contribution < -0.4 is 0 Å². The molecule has 1 heterocycles. The number of hydrogen-bond acceptors (Lipinski definition) is 7. The van der Waals surface area contributed by atoms with Gasteiger partial charge in [-0.05, 0) is 59.9 Å². The fraction of sp³-hybridized carbons (Fsp3) is 0.577. The molecular weight excluding hydrogens is 452 g/mol. The van der Waals surface area contributed by atoms with Gasteiger partial charge in [-0.15, -0.1) is 0 Å². The van der Waals surface area contributed by atoms with Crippen LogP contribution in [0.2, 0.25) is 0 Å². The predicted octanol–water partition coefficient (Wildman–Crippen LogP) is 4.85. The van der Waals surface area contributed by atoms with Gasteiger partial charge >= 0.3 is 18.2 Å². The lowest BCUT2D eigenvalue weighted by molar-refractivity contribution is -0.190. The van der Waals surface area contributed by atoms with Crippen LogP contribution in [0.15, 0.2) is 43.0 Å². The highest BCUT2D eigenvalue weighted by Gasteiger charge is 2.43. The Morgan fingerprint density at radius 2 is 1.66 bits per heavy atom. The Morgan fingerprint density at radius 1 is 1.03 bits per heavy atom. The van der Waals surface area contributed by atoms with Crippen molar-refractivity contribution in [2.45, 2.75) is 84.3 Å². The molecule has 1 aliphatic heterocycles. The molecule has 35 heavy (non-hydrogen) atoms. The Morgan fingerprint density at radius 3 is 2.23 bits per heavy atom. The van der Waals surface area contributed by atoms with E-state index in [4.69, 9.17) is 19.0 Å². The molecule has 0 aromatic heterocycles. The number of hydrogen-bond donors (Lipinski definition) is 0. The molecule has 0 N–H and O–H groups in total. The summed E-state index contributed by atoms with van der Waals surface area (Å²) in [5.41, 5.74) is -0.650. The van der Waals surface area contributed by atoms with E-state index in [0.717, 1.165) is 5.56 Å². The number of hydroxylamine groups is 2. The highest BCUT2D eigenvalue weighted by atomic mass is 16.7. The van der Waals surface area contributed by atoms with Crippen molar-refractivity contribution in [3.05, 3.63) is 48.6 Å². The summed E-state index contributed by atoms with van der Waals surface area (Å²) in [7, 11) is 0. The molecule has 1 aliphatic rings. The van der Waals surface area contributed by atoms with E-state index in [-0.39, 0.29) is 26.2 Å². The Hall–Kier alpha value is -3.07. The first-order valence-corrected chi connectivity index (χ1v) is 11.8. The third-order valence-corrected chi connectivity index (χ3v) is 4.92. The van der Waals surface area contributed by atoms with E-state index in [9.17, 15) is 14.4 Å². The average molecular weight is 491 g/mol. The zero-order chi connectivity index (χ0) is 26.2. The van der Waals surface area contributed by atoms with Crippen LogP contribution in [-0.4, -0.2) is 64.6 Å². The number of esters is 1. The van der Waals surface area contributed by atoms with Crippen LogP contribution >= 0.6 is 0 Å². The summed E-state index contributed by atoms with van der Waals surface area (Å²) in [4.78, 5) is 46.0. The molecule has 2 atom stereocenters. The van der Waals surface area contributed by atoms with Crippen molar-refractivity contribution >= 4 is 18.2 Å². The van der Waals surface area contributed by atoms with Crippen LogP contribution in [0.5, 0.6) is 0 Å². The first-order valence-electron chi connectivity index (χ1n) is 11.8. The molecule has 2 rings (SSSR count). The fourth-order valence-electron chi connectivity index (χ4n) is 3.48. The first kappa shape index (κ1) is 28.2. The summed E-state index contributed by atoms with van der Waals surface area (Å²) in [6.07, 6.45) is 0.767. The number of carbonyl (C=O) groups is 3. The maximum absolute atomic E-state index is 13.1. The second-order valence-corrected chi connectivity index (χ2v) is 10.4. The summed E-state index contributed by atoms with van der Waals surface area (Å²) in [6, 6.07) is 7.99. The Bertz CT molecular complexity index is 874. The van der Waals surface area contributed by atoms with Crippen molar-refractivity contribution in [3.8, 4) is 0 Å². The molecule has 0 saturated carbocycles. The van der Waals surface area contributed by atoms with Gasteiger partial charge < -0.3 is 14.2 Å². The van der Waals surface area contributed by atoms with E-state index in [1.165, 1.54) is 16.0 Å². The van der Waals surface area contributed by atoms with Crippen molar-refractivity contribution in [2.24, 2.45) is 0 Å². The smallest absolute Gasteiger partial charge is 0.434 e. The van der Waals surface area contributed by atoms with Gasteiger partial charge in [-0.3, -0.25) is 9.74 Å². The molecule has 1 aromatic rings. The van der Waals surface area contributed by atoms with Gasteiger partial charge in [-0.1, -0.05) is 43.0 Å². The van der Waals surface area contributed by atoms with Gasteiger partial charge in [-0.2, -0.15) is 5.06 Å². The summed E-state index contributed by atoms with van der Waals surface area (Å²) in [6.45, 7) is 14.3. The highest BCUT2D eigenvalue weighted by molar-refractivity contribution is 5.82. The number of benzene rings is 1. The molecule has 2 amide bonds. The minimum atomic E-state index is -0.851. The zero-order valence-corrected chi connectivity index (χ0v) is 21.6. The summed E-state index contributed by atoms with van der Waals surface area (Å²) in [5.74, 6) is -0.553. The van der Waals surface area contributed by atoms with Gasteiger partial charge in [0.1, 0.15) is 30.5 Å². The Kier molecular flexibility index (Phi) is 9.71. The molecule has 0 spiro atoms. The number of amides is 2. The summed E-state index contributed by atoms with van der Waals surface area (Å²) < 4.78 is 16.3. The van der Waals surface area contributed by atoms with E-state index in [0.29, 0.717) is 6.42 Å². The van der Waals surface area contributed by atoms with Gasteiger partial charge in [0.2, 0.25) is 0 Å². The third kappa shape index (κ3) is 9.24. The maximum atomic E-state index is 13.1. The van der Waals surface area contributed by atoms with Gasteiger partial charge in [0.15, 0.2) is 0 Å². The van der Waals surface area contributed by atoms with Crippen LogP contribution in [0.3, 0.4) is 0 Å². The van der Waals surface area contributed by atoms with Crippen molar-refractivity contribution in [1.82, 2.24) is 9.96 Å². The highest BCUT2D eigenvalue weighted by Crippen LogP contribution is 2.27. The number of likely N-dealkylation sites (tertiary alicyclic amines) is 1. The van der Waals surface area contributed by atoms with Crippen molar-refractivity contribution in [2.75, 3.05) is 13.2 Å². The molecule has 1 saturated heterocycles. The molecule has 1 fully saturated rings. The van der Waals surface area contributed by atoms with E-state index < -0.39 is 41.4 Å². The Labute approximate surface area is 207 Å². The second-order valence-electron chi connectivity index (χ2n) is 10.4. The molecule has 9 nitrogen and oxygen atoms in total. The van der Waals surface area contributed by atoms with E-state index in [1.807, 2.05) is 30.3 Å². The van der Waals surface area contributed by atoms with Crippen LogP contribution in [0.4, 0.5) is 9.59 Å². The zero-order valence-electron chi connectivity index (χ0n) is 21.6. The normalized spacial score (nSPS) is 18.4. The van der Waals surface area contributed by atoms with Crippen LogP contribution in [0, 0.1) is 0 Å². The Balaban J connectivity index is 2.28. The lowest BCUT2D eigenvalue weighted by atomic mass is 9.98. The lowest BCUT2D eigenvalue weighted by Crippen LogP contribution is -2.58. The van der Waals surface area contributed by atoms with Crippen LogP contribution in [0.25, 0.3) is 0 Å². The third-order valence-electron chi connectivity index (χ3n) is 4.92. The van der Waals surface area contributed by atoms with Crippen molar-refractivity contribution < 1.29 is 33.4 Å². The van der Waals surface area contributed by atoms with E-state index in [1.54, 1.807) is 41.5 Å². The molecule has 0 radical (unpaired) electrons. The van der Waals surface area contributed by atoms with Crippen LogP contribution in [0.1, 0.15) is 59.9 Å². The number of piperidine rings is 1. The number of ether oxygens (including phenoxy) is 3. The van der Waals surface area contributed by atoms with Gasteiger partial charge in [0, 0.05) is 6.54 Å². The summed E-state index contributed by atoms with van der Waals surface area (Å²) >= 11 is 0. The number of nitrogens with zero attached hydrogens (tertiary/aromatic N) is 2. The minimum absolute atomic E-state index is 0.0107.